The van der Waals surface area contributed by atoms with Crippen molar-refractivity contribution < 1.29 is 4.79 Å². The van der Waals surface area contributed by atoms with Crippen molar-refractivity contribution in [1.29, 1.82) is 0 Å². The molecule has 0 heterocycles. The SMILES string of the molecule is CNC(=O)/C=C(/C)NC. The van der Waals surface area contributed by atoms with Crippen LogP contribution < -0.4 is 10.6 Å². The Balaban J connectivity index is 3.79. The molecule has 0 radical (unpaired) electrons. The van der Waals surface area contributed by atoms with Crippen molar-refractivity contribution in [2.75, 3.05) is 14.1 Å². The molecule has 0 saturated heterocycles. The molecule has 0 aromatic heterocycles. The van der Waals surface area contributed by atoms with Crippen LogP contribution in [0, 0.1) is 0 Å². The fraction of sp³-hybridized carbons (Fsp3) is 0.500. The van der Waals surface area contributed by atoms with Crippen molar-refractivity contribution in [2.24, 2.45) is 0 Å². The van der Waals surface area contributed by atoms with E-state index in [-0.39, 0.29) is 5.91 Å². The normalized spacial score (nSPS) is 10.8. The Hall–Kier alpha value is -0.990. The standard InChI is InChI=1S/C6H12N2O/c1-5(7-2)4-6(9)8-3/h4,7H,1-3H3,(H,8,9)/b5-4-. The topological polar surface area (TPSA) is 41.1 Å². The molecule has 0 fully saturated rings. The summed E-state index contributed by atoms with van der Waals surface area (Å²) in [5.41, 5.74) is 0.856. The van der Waals surface area contributed by atoms with Gasteiger partial charge in [-0.05, 0) is 6.92 Å². The predicted octanol–water partition coefficient (Wildman–Crippen LogP) is -0.144. The molecular weight excluding hydrogens is 116 g/mol. The molecule has 0 bridgehead atoms. The molecule has 0 atom stereocenters. The number of carbonyl (C=O) groups is 1. The summed E-state index contributed by atoms with van der Waals surface area (Å²) < 4.78 is 0. The Bertz CT molecular complexity index is 129. The van der Waals surface area contributed by atoms with Crippen LogP contribution in [-0.4, -0.2) is 20.0 Å². The highest BCUT2D eigenvalue weighted by molar-refractivity contribution is 5.87. The van der Waals surface area contributed by atoms with E-state index in [1.165, 1.54) is 6.08 Å². The largest absolute Gasteiger partial charge is 0.391 e. The first-order valence-electron chi connectivity index (χ1n) is 2.78. The lowest BCUT2D eigenvalue weighted by Crippen LogP contribution is -2.16. The molecule has 1 amide bonds. The number of carbonyl (C=O) groups excluding carboxylic acids is 1. The van der Waals surface area contributed by atoms with Crippen molar-refractivity contribution in [3.8, 4) is 0 Å². The highest BCUT2D eigenvalue weighted by Crippen LogP contribution is 1.81. The first-order chi connectivity index (χ1) is 4.20. The summed E-state index contributed by atoms with van der Waals surface area (Å²) in [5, 5.41) is 5.31. The monoisotopic (exact) mass is 128 g/mol. The number of nitrogens with one attached hydrogen (secondary N) is 2. The molecule has 0 spiro atoms. The summed E-state index contributed by atoms with van der Waals surface area (Å²) in [6, 6.07) is 0. The number of allylic oxidation sites excluding steroid dienone is 1. The third-order valence-corrected chi connectivity index (χ3v) is 0.988. The second kappa shape index (κ2) is 3.95. The van der Waals surface area contributed by atoms with Crippen LogP contribution in [0.3, 0.4) is 0 Å². The highest BCUT2D eigenvalue weighted by Gasteiger charge is 1.89. The molecule has 0 aliphatic carbocycles. The lowest BCUT2D eigenvalue weighted by atomic mass is 10.4. The van der Waals surface area contributed by atoms with Gasteiger partial charge in [0, 0.05) is 25.9 Å². The van der Waals surface area contributed by atoms with Crippen LogP contribution in [0.5, 0.6) is 0 Å². The fourth-order valence-corrected chi connectivity index (χ4v) is 0.341. The van der Waals surface area contributed by atoms with Crippen molar-refractivity contribution in [2.45, 2.75) is 6.92 Å². The van der Waals surface area contributed by atoms with E-state index in [1.807, 2.05) is 6.92 Å². The zero-order valence-corrected chi connectivity index (χ0v) is 5.99. The van der Waals surface area contributed by atoms with Gasteiger partial charge in [-0.1, -0.05) is 0 Å². The average molecular weight is 128 g/mol. The summed E-state index contributed by atoms with van der Waals surface area (Å²) in [7, 11) is 3.37. The van der Waals surface area contributed by atoms with Crippen molar-refractivity contribution in [3.63, 3.8) is 0 Å². The minimum atomic E-state index is -0.0816. The summed E-state index contributed by atoms with van der Waals surface area (Å²) in [4.78, 5) is 10.6. The van der Waals surface area contributed by atoms with Crippen molar-refractivity contribution in [1.82, 2.24) is 10.6 Å². The Kier molecular flexibility index (Phi) is 3.51. The first kappa shape index (κ1) is 8.01. The van der Waals surface area contributed by atoms with Gasteiger partial charge < -0.3 is 10.6 Å². The minimum absolute atomic E-state index is 0.0816. The number of hydrogen-bond donors (Lipinski definition) is 2. The lowest BCUT2D eigenvalue weighted by molar-refractivity contribution is -0.116. The molecule has 0 rings (SSSR count). The van der Waals surface area contributed by atoms with Crippen molar-refractivity contribution in [3.05, 3.63) is 11.8 Å². The van der Waals surface area contributed by atoms with Crippen LogP contribution in [0.1, 0.15) is 6.92 Å². The van der Waals surface area contributed by atoms with E-state index in [4.69, 9.17) is 0 Å². The van der Waals surface area contributed by atoms with E-state index < -0.39 is 0 Å². The molecule has 3 nitrogen and oxygen atoms in total. The van der Waals surface area contributed by atoms with Crippen molar-refractivity contribution >= 4 is 5.91 Å². The quantitative estimate of drug-likeness (QED) is 0.508. The number of rotatable bonds is 2. The zero-order chi connectivity index (χ0) is 7.28. The van der Waals surface area contributed by atoms with Gasteiger partial charge in [0.25, 0.3) is 0 Å². The summed E-state index contributed by atoms with van der Waals surface area (Å²) >= 11 is 0. The third-order valence-electron chi connectivity index (χ3n) is 0.988. The molecule has 0 aromatic carbocycles. The Labute approximate surface area is 55.1 Å². The molecule has 0 saturated carbocycles. The van der Waals surface area contributed by atoms with Gasteiger partial charge in [-0.2, -0.15) is 0 Å². The molecule has 0 aliphatic rings. The predicted molar refractivity (Wildman–Crippen MR) is 36.9 cm³/mol. The second-order valence-corrected chi connectivity index (χ2v) is 1.69. The van der Waals surface area contributed by atoms with Gasteiger partial charge in [-0.3, -0.25) is 4.79 Å². The van der Waals surface area contributed by atoms with Gasteiger partial charge in [0.15, 0.2) is 0 Å². The van der Waals surface area contributed by atoms with E-state index in [1.54, 1.807) is 14.1 Å². The van der Waals surface area contributed by atoms with Crippen LogP contribution in [0.4, 0.5) is 0 Å². The lowest BCUT2D eigenvalue weighted by Gasteiger charge is -1.96. The smallest absolute Gasteiger partial charge is 0.245 e. The van der Waals surface area contributed by atoms with Crippen LogP contribution in [-0.2, 0) is 4.79 Å². The number of amides is 1. The van der Waals surface area contributed by atoms with E-state index in [0.717, 1.165) is 5.70 Å². The molecule has 0 aromatic rings. The molecule has 3 heteroatoms. The van der Waals surface area contributed by atoms with E-state index in [2.05, 4.69) is 10.6 Å². The van der Waals surface area contributed by atoms with Gasteiger partial charge in [0.2, 0.25) is 5.91 Å². The van der Waals surface area contributed by atoms with Crippen LogP contribution in [0.25, 0.3) is 0 Å². The number of hydrogen-bond acceptors (Lipinski definition) is 2. The maximum atomic E-state index is 10.6. The molecule has 0 unspecified atom stereocenters. The second-order valence-electron chi connectivity index (χ2n) is 1.69. The van der Waals surface area contributed by atoms with Gasteiger partial charge in [0.05, 0.1) is 0 Å². The van der Waals surface area contributed by atoms with Crippen LogP contribution >= 0.6 is 0 Å². The Morgan fingerprint density at radius 2 is 1.89 bits per heavy atom. The van der Waals surface area contributed by atoms with Gasteiger partial charge in [-0.25, -0.2) is 0 Å². The zero-order valence-electron chi connectivity index (χ0n) is 5.99. The number of likely N-dealkylation sites (N-methyl/N-ethyl adjacent to an activating group) is 1. The van der Waals surface area contributed by atoms with E-state index in [9.17, 15) is 4.79 Å². The summed E-state index contributed by atoms with van der Waals surface area (Å²) in [6.07, 6.45) is 1.50. The molecular formula is C6H12N2O. The van der Waals surface area contributed by atoms with Crippen LogP contribution in [0.2, 0.25) is 0 Å². The van der Waals surface area contributed by atoms with Gasteiger partial charge >= 0.3 is 0 Å². The van der Waals surface area contributed by atoms with Gasteiger partial charge in [-0.15, -0.1) is 0 Å². The van der Waals surface area contributed by atoms with Gasteiger partial charge in [0.1, 0.15) is 0 Å². The van der Waals surface area contributed by atoms with E-state index >= 15 is 0 Å². The average Bonchev–Trinajstić information content (AvgIpc) is 1.87. The van der Waals surface area contributed by atoms with Crippen LogP contribution in [0.15, 0.2) is 11.8 Å². The first-order valence-corrected chi connectivity index (χ1v) is 2.78. The van der Waals surface area contributed by atoms with E-state index in [0.29, 0.717) is 0 Å². The molecule has 0 aliphatic heterocycles. The molecule has 52 valence electrons. The highest BCUT2D eigenvalue weighted by atomic mass is 16.1. The minimum Gasteiger partial charge on any atom is -0.391 e. The summed E-state index contributed by atoms with van der Waals surface area (Å²) in [5.74, 6) is -0.0816. The maximum absolute atomic E-state index is 10.6. The maximum Gasteiger partial charge on any atom is 0.245 e. The third kappa shape index (κ3) is 3.58. The molecule has 9 heavy (non-hydrogen) atoms. The fourth-order valence-electron chi connectivity index (χ4n) is 0.341. The Morgan fingerprint density at radius 3 is 2.22 bits per heavy atom. The molecule has 2 N–H and O–H groups in total. The Morgan fingerprint density at radius 1 is 1.33 bits per heavy atom. The summed E-state index contributed by atoms with van der Waals surface area (Å²) in [6.45, 7) is 1.83.